The second kappa shape index (κ2) is 4.52. The minimum absolute atomic E-state index is 0.161. The Balaban J connectivity index is 3.00. The van der Waals surface area contributed by atoms with E-state index in [0.29, 0.717) is 0 Å². The molecule has 0 spiro atoms. The molecule has 14 heavy (non-hydrogen) atoms. The topological polar surface area (TPSA) is 36.3 Å². The van der Waals surface area contributed by atoms with Crippen LogP contribution in [0.5, 0.6) is 5.75 Å². The molecule has 0 fully saturated rings. The number of rotatable bonds is 3. The van der Waals surface area contributed by atoms with Gasteiger partial charge in [-0.15, -0.1) is 0 Å². The highest BCUT2D eigenvalue weighted by Gasteiger charge is 2.12. The average molecular weight is 190 g/mol. The quantitative estimate of drug-likeness (QED) is 0.731. The van der Waals surface area contributed by atoms with Crippen LogP contribution in [-0.2, 0) is 0 Å². The summed E-state index contributed by atoms with van der Waals surface area (Å²) >= 11 is 0. The van der Waals surface area contributed by atoms with Crippen molar-refractivity contribution < 1.29 is 4.74 Å². The van der Waals surface area contributed by atoms with Crippen LogP contribution in [0.15, 0.2) is 24.3 Å². The normalized spacial score (nSPS) is 11.6. The summed E-state index contributed by atoms with van der Waals surface area (Å²) < 4.78 is 5.21. The maximum atomic E-state index is 8.80. The number of hydrogen-bond donors (Lipinski definition) is 0. The molecule has 3 heteroatoms. The number of nitrogens with zero attached hydrogens (tertiary/aromatic N) is 2. The smallest absolute Gasteiger partial charge is 0.142 e. The minimum atomic E-state index is -0.161. The highest BCUT2D eigenvalue weighted by Crippen LogP contribution is 2.27. The van der Waals surface area contributed by atoms with Gasteiger partial charge in [-0.3, -0.25) is 0 Å². The first-order valence-corrected chi connectivity index (χ1v) is 4.46. The zero-order valence-electron chi connectivity index (χ0n) is 8.69. The third kappa shape index (κ3) is 1.97. The molecule has 0 bridgehead atoms. The lowest BCUT2D eigenvalue weighted by Gasteiger charge is -2.23. The van der Waals surface area contributed by atoms with Crippen molar-refractivity contribution in [3.63, 3.8) is 0 Å². The zero-order chi connectivity index (χ0) is 10.6. The summed E-state index contributed by atoms with van der Waals surface area (Å²) in [5.74, 6) is 0.789. The van der Waals surface area contributed by atoms with Gasteiger partial charge >= 0.3 is 0 Å². The van der Waals surface area contributed by atoms with E-state index in [9.17, 15) is 0 Å². The van der Waals surface area contributed by atoms with E-state index in [0.717, 1.165) is 11.4 Å². The summed E-state index contributed by atoms with van der Waals surface area (Å²) in [5, 5.41) is 8.80. The third-order valence-electron chi connectivity index (χ3n) is 2.23. The van der Waals surface area contributed by atoms with Gasteiger partial charge in [-0.25, -0.2) is 0 Å². The van der Waals surface area contributed by atoms with Crippen molar-refractivity contribution in [1.82, 2.24) is 0 Å². The van der Waals surface area contributed by atoms with Crippen LogP contribution in [0.3, 0.4) is 0 Å². The summed E-state index contributed by atoms with van der Waals surface area (Å²) in [4.78, 5) is 1.89. The van der Waals surface area contributed by atoms with Gasteiger partial charge in [0, 0.05) is 7.05 Å². The Morgan fingerprint density at radius 2 is 2.07 bits per heavy atom. The summed E-state index contributed by atoms with van der Waals surface area (Å²) in [6.07, 6.45) is 0. The number of ether oxygens (including phenoxy) is 1. The molecule has 1 rings (SSSR count). The summed E-state index contributed by atoms with van der Waals surface area (Å²) in [7, 11) is 3.51. The monoisotopic (exact) mass is 190 g/mol. The van der Waals surface area contributed by atoms with Crippen LogP contribution in [0, 0.1) is 11.3 Å². The lowest BCUT2D eigenvalue weighted by Crippen LogP contribution is -2.27. The van der Waals surface area contributed by atoms with Crippen molar-refractivity contribution in [2.24, 2.45) is 0 Å². The van der Waals surface area contributed by atoms with Gasteiger partial charge in [0.15, 0.2) is 0 Å². The van der Waals surface area contributed by atoms with Crippen molar-refractivity contribution in [2.45, 2.75) is 13.0 Å². The number of nitriles is 1. The van der Waals surface area contributed by atoms with Gasteiger partial charge in [0.25, 0.3) is 0 Å². The maximum Gasteiger partial charge on any atom is 0.142 e. The van der Waals surface area contributed by atoms with Gasteiger partial charge in [-0.2, -0.15) is 5.26 Å². The molecule has 0 aliphatic carbocycles. The first-order chi connectivity index (χ1) is 6.70. The minimum Gasteiger partial charge on any atom is -0.495 e. The summed E-state index contributed by atoms with van der Waals surface area (Å²) in [5.41, 5.74) is 0.934. The highest BCUT2D eigenvalue weighted by atomic mass is 16.5. The van der Waals surface area contributed by atoms with Crippen LogP contribution in [-0.4, -0.2) is 20.2 Å². The van der Waals surface area contributed by atoms with Crippen molar-refractivity contribution in [1.29, 1.82) is 5.26 Å². The largest absolute Gasteiger partial charge is 0.495 e. The molecule has 1 aromatic rings. The van der Waals surface area contributed by atoms with E-state index >= 15 is 0 Å². The molecule has 1 aromatic carbocycles. The fraction of sp³-hybridized carbons (Fsp3) is 0.364. The predicted octanol–water partition coefficient (Wildman–Crippen LogP) is 2.04. The number of para-hydroxylation sites is 2. The standard InChI is InChI=1S/C11H14N2O/c1-9(8-12)13(2)10-6-4-5-7-11(10)14-3/h4-7,9H,1-3H3. The molecule has 0 aliphatic rings. The predicted molar refractivity (Wildman–Crippen MR) is 56.5 cm³/mol. The molecular formula is C11H14N2O. The van der Waals surface area contributed by atoms with E-state index in [1.165, 1.54) is 0 Å². The first kappa shape index (κ1) is 10.4. The van der Waals surface area contributed by atoms with E-state index in [-0.39, 0.29) is 6.04 Å². The molecular weight excluding hydrogens is 176 g/mol. The molecule has 0 N–H and O–H groups in total. The Morgan fingerprint density at radius 1 is 1.43 bits per heavy atom. The molecule has 0 saturated carbocycles. The highest BCUT2D eigenvalue weighted by molar-refractivity contribution is 5.59. The maximum absolute atomic E-state index is 8.80. The molecule has 1 atom stereocenters. The van der Waals surface area contributed by atoms with Crippen LogP contribution in [0.4, 0.5) is 5.69 Å². The lowest BCUT2D eigenvalue weighted by molar-refractivity contribution is 0.414. The first-order valence-electron chi connectivity index (χ1n) is 4.46. The van der Waals surface area contributed by atoms with Crippen LogP contribution in [0.25, 0.3) is 0 Å². The molecule has 0 amide bonds. The molecule has 74 valence electrons. The Morgan fingerprint density at radius 3 is 2.64 bits per heavy atom. The van der Waals surface area contributed by atoms with Crippen molar-refractivity contribution >= 4 is 5.69 Å². The molecule has 0 aliphatic heterocycles. The van der Waals surface area contributed by atoms with Crippen LogP contribution >= 0.6 is 0 Å². The fourth-order valence-corrected chi connectivity index (χ4v) is 1.22. The lowest BCUT2D eigenvalue weighted by atomic mass is 10.2. The van der Waals surface area contributed by atoms with Gasteiger partial charge in [0.05, 0.1) is 18.9 Å². The second-order valence-electron chi connectivity index (χ2n) is 3.09. The number of methoxy groups -OCH3 is 1. The molecule has 0 aromatic heterocycles. The summed E-state index contributed by atoms with van der Waals surface area (Å²) in [6, 6.07) is 9.68. The van der Waals surface area contributed by atoms with Crippen molar-refractivity contribution in [3.8, 4) is 11.8 Å². The van der Waals surface area contributed by atoms with Gasteiger partial charge in [0.1, 0.15) is 11.8 Å². The third-order valence-corrected chi connectivity index (χ3v) is 2.23. The SMILES string of the molecule is COc1ccccc1N(C)C(C)C#N. The molecule has 1 unspecified atom stereocenters. The fourth-order valence-electron chi connectivity index (χ4n) is 1.22. The number of benzene rings is 1. The van der Waals surface area contributed by atoms with E-state index in [4.69, 9.17) is 10.00 Å². The summed E-state index contributed by atoms with van der Waals surface area (Å²) in [6.45, 7) is 1.85. The van der Waals surface area contributed by atoms with Gasteiger partial charge in [0.2, 0.25) is 0 Å². The van der Waals surface area contributed by atoms with Crippen molar-refractivity contribution in [3.05, 3.63) is 24.3 Å². The Labute approximate surface area is 84.5 Å². The molecule has 0 radical (unpaired) electrons. The Kier molecular flexibility index (Phi) is 3.35. The van der Waals surface area contributed by atoms with Crippen LogP contribution in [0.1, 0.15) is 6.92 Å². The van der Waals surface area contributed by atoms with E-state index < -0.39 is 0 Å². The van der Waals surface area contributed by atoms with Crippen molar-refractivity contribution in [2.75, 3.05) is 19.1 Å². The van der Waals surface area contributed by atoms with E-state index in [1.807, 2.05) is 43.1 Å². The number of hydrogen-bond acceptors (Lipinski definition) is 3. The van der Waals surface area contributed by atoms with E-state index in [1.54, 1.807) is 7.11 Å². The van der Waals surface area contributed by atoms with Gasteiger partial charge in [-0.05, 0) is 19.1 Å². The molecule has 0 heterocycles. The average Bonchev–Trinajstić information content (AvgIpc) is 2.26. The van der Waals surface area contributed by atoms with Crippen LogP contribution in [0.2, 0.25) is 0 Å². The molecule has 3 nitrogen and oxygen atoms in total. The van der Waals surface area contributed by atoms with Gasteiger partial charge in [-0.1, -0.05) is 12.1 Å². The zero-order valence-corrected chi connectivity index (χ0v) is 8.69. The van der Waals surface area contributed by atoms with Crippen LogP contribution < -0.4 is 9.64 Å². The van der Waals surface area contributed by atoms with E-state index in [2.05, 4.69) is 6.07 Å². The number of anilines is 1. The Hall–Kier alpha value is -1.69. The second-order valence-corrected chi connectivity index (χ2v) is 3.09. The van der Waals surface area contributed by atoms with Gasteiger partial charge < -0.3 is 9.64 Å². The Bertz CT molecular complexity index is 343. The molecule has 0 saturated heterocycles.